The van der Waals surface area contributed by atoms with Crippen LogP contribution in [0.3, 0.4) is 0 Å². The van der Waals surface area contributed by atoms with Crippen LogP contribution in [0, 0.1) is 12.7 Å². The SMILES string of the molecule is Cc1c(C2=NN(Cc3ccc(OC(F)(F)F)cc3)S(=O)c3ccccc32)c2cc(F)ccc2n1CC(O)O. The molecule has 0 amide bonds. The number of halogens is 4. The van der Waals surface area contributed by atoms with E-state index in [0.29, 0.717) is 43.9 Å². The molecule has 0 saturated carbocycles. The van der Waals surface area contributed by atoms with Gasteiger partial charge in [0, 0.05) is 27.7 Å². The maximum absolute atomic E-state index is 14.4. The smallest absolute Gasteiger partial charge is 0.406 e. The van der Waals surface area contributed by atoms with Crippen LogP contribution in [0.4, 0.5) is 17.6 Å². The zero-order chi connectivity index (χ0) is 27.2. The number of benzene rings is 3. The molecule has 198 valence electrons. The third-order valence-electron chi connectivity index (χ3n) is 6.08. The van der Waals surface area contributed by atoms with Gasteiger partial charge >= 0.3 is 6.36 Å². The van der Waals surface area contributed by atoms with Crippen LogP contribution in [-0.2, 0) is 24.1 Å². The molecule has 0 radical (unpaired) electrons. The van der Waals surface area contributed by atoms with Crippen LogP contribution in [0.2, 0.25) is 0 Å². The first-order valence-electron chi connectivity index (χ1n) is 11.4. The van der Waals surface area contributed by atoms with E-state index in [1.807, 2.05) is 0 Å². The lowest BCUT2D eigenvalue weighted by Crippen LogP contribution is -2.29. The van der Waals surface area contributed by atoms with E-state index in [4.69, 9.17) is 0 Å². The fraction of sp³-hybridized carbons (Fsp3) is 0.192. The number of hydrazone groups is 1. The van der Waals surface area contributed by atoms with Gasteiger partial charge in [0.15, 0.2) is 17.3 Å². The Kier molecular flexibility index (Phi) is 6.72. The Morgan fingerprint density at radius 3 is 2.45 bits per heavy atom. The van der Waals surface area contributed by atoms with Crippen LogP contribution in [0.5, 0.6) is 5.75 Å². The molecule has 38 heavy (non-hydrogen) atoms. The minimum atomic E-state index is -4.82. The van der Waals surface area contributed by atoms with E-state index in [2.05, 4.69) is 9.84 Å². The number of fused-ring (bicyclic) bond motifs is 2. The molecule has 5 rings (SSSR count). The third-order valence-corrected chi connectivity index (χ3v) is 7.40. The molecule has 0 fully saturated rings. The third kappa shape index (κ3) is 5.02. The van der Waals surface area contributed by atoms with Gasteiger partial charge in [0.25, 0.3) is 0 Å². The first-order chi connectivity index (χ1) is 18.0. The fourth-order valence-electron chi connectivity index (χ4n) is 4.51. The highest BCUT2D eigenvalue weighted by Gasteiger charge is 2.32. The lowest BCUT2D eigenvalue weighted by Gasteiger charge is -2.26. The number of aliphatic hydroxyl groups is 2. The van der Waals surface area contributed by atoms with E-state index in [1.54, 1.807) is 41.8 Å². The molecule has 4 aromatic rings. The topological polar surface area (TPSA) is 87.3 Å². The molecule has 1 unspecified atom stereocenters. The molecule has 12 heteroatoms. The molecule has 0 saturated heterocycles. The zero-order valence-electron chi connectivity index (χ0n) is 19.8. The quantitative estimate of drug-likeness (QED) is 0.273. The molecule has 0 aliphatic carbocycles. The molecule has 1 aliphatic rings. The molecule has 0 spiro atoms. The van der Waals surface area contributed by atoms with Crippen molar-refractivity contribution < 1.29 is 36.7 Å². The minimum absolute atomic E-state index is 0.00184. The van der Waals surface area contributed by atoms with E-state index >= 15 is 0 Å². The second kappa shape index (κ2) is 9.86. The van der Waals surface area contributed by atoms with Gasteiger partial charge in [0.1, 0.15) is 17.3 Å². The number of rotatable bonds is 6. The van der Waals surface area contributed by atoms with Crippen molar-refractivity contribution >= 4 is 27.6 Å². The van der Waals surface area contributed by atoms with E-state index in [-0.39, 0.29) is 18.8 Å². The number of ether oxygens (including phenoxy) is 1. The van der Waals surface area contributed by atoms with Crippen molar-refractivity contribution in [1.82, 2.24) is 8.98 Å². The Bertz CT molecular complexity index is 1570. The molecule has 3 aromatic carbocycles. The first-order valence-corrected chi connectivity index (χ1v) is 12.5. The summed E-state index contributed by atoms with van der Waals surface area (Å²) < 4.78 is 72.2. The Balaban J connectivity index is 1.61. The summed E-state index contributed by atoms with van der Waals surface area (Å²) in [5.74, 6) is -0.876. The summed E-state index contributed by atoms with van der Waals surface area (Å²) in [6.45, 7) is 1.58. The number of hydrogen-bond acceptors (Lipinski definition) is 5. The summed E-state index contributed by atoms with van der Waals surface area (Å²) in [5, 5.41) is 24.5. The van der Waals surface area contributed by atoms with Crippen molar-refractivity contribution in [3.8, 4) is 5.75 Å². The Morgan fingerprint density at radius 1 is 1.05 bits per heavy atom. The standard InChI is InChI=1S/C26H21F4N3O4S/c1-15-24(20-12-17(27)8-11-21(20)32(15)14-23(34)35)25-19-4-2-3-5-22(19)38(36)33(31-25)13-16-6-9-18(10-7-16)37-26(28,29)30/h2-12,23,34-35H,13-14H2,1H3. The molecule has 0 bridgehead atoms. The molecule has 1 aromatic heterocycles. The lowest BCUT2D eigenvalue weighted by molar-refractivity contribution is -0.274. The Labute approximate surface area is 216 Å². The molecule has 1 aliphatic heterocycles. The van der Waals surface area contributed by atoms with Crippen molar-refractivity contribution in [1.29, 1.82) is 0 Å². The van der Waals surface area contributed by atoms with Gasteiger partial charge in [-0.05, 0) is 48.9 Å². The van der Waals surface area contributed by atoms with Crippen LogP contribution in [0.25, 0.3) is 10.9 Å². The predicted molar refractivity (Wildman–Crippen MR) is 132 cm³/mol. The van der Waals surface area contributed by atoms with Crippen molar-refractivity contribution in [3.63, 3.8) is 0 Å². The van der Waals surface area contributed by atoms with Crippen LogP contribution >= 0.6 is 0 Å². The molecule has 7 nitrogen and oxygen atoms in total. The summed E-state index contributed by atoms with van der Waals surface area (Å²) in [7, 11) is -1.74. The highest BCUT2D eigenvalue weighted by Crippen LogP contribution is 2.34. The summed E-state index contributed by atoms with van der Waals surface area (Å²) in [6.07, 6.45) is -6.47. The van der Waals surface area contributed by atoms with Gasteiger partial charge in [-0.3, -0.25) is 0 Å². The van der Waals surface area contributed by atoms with Gasteiger partial charge in [-0.15, -0.1) is 13.2 Å². The van der Waals surface area contributed by atoms with Crippen molar-refractivity contribution in [2.24, 2.45) is 5.10 Å². The molecular weight excluding hydrogens is 526 g/mol. The van der Waals surface area contributed by atoms with E-state index in [9.17, 15) is 32.0 Å². The summed E-state index contributed by atoms with van der Waals surface area (Å²) >= 11 is 0. The molecule has 2 N–H and O–H groups in total. The van der Waals surface area contributed by atoms with E-state index in [1.165, 1.54) is 28.7 Å². The van der Waals surface area contributed by atoms with Crippen molar-refractivity contribution in [2.75, 3.05) is 0 Å². The van der Waals surface area contributed by atoms with E-state index in [0.717, 1.165) is 12.1 Å². The van der Waals surface area contributed by atoms with E-state index < -0.39 is 29.5 Å². The van der Waals surface area contributed by atoms with Gasteiger partial charge in [-0.25, -0.2) is 13.0 Å². The number of alkyl halides is 3. The van der Waals surface area contributed by atoms with Crippen LogP contribution < -0.4 is 4.74 Å². The number of hydrogen-bond donors (Lipinski definition) is 2. The Hall–Kier alpha value is -3.74. The van der Waals surface area contributed by atoms with Crippen LogP contribution in [0.15, 0.2) is 76.7 Å². The normalized spacial score (nSPS) is 15.6. The van der Waals surface area contributed by atoms with Gasteiger partial charge in [0.2, 0.25) is 0 Å². The van der Waals surface area contributed by atoms with Crippen molar-refractivity contribution in [2.45, 2.75) is 37.6 Å². The first kappa shape index (κ1) is 25.9. The zero-order valence-corrected chi connectivity index (χ0v) is 20.6. The number of aromatic nitrogens is 1. The summed E-state index contributed by atoms with van der Waals surface area (Å²) in [4.78, 5) is 0.452. The van der Waals surface area contributed by atoms with Gasteiger partial charge in [0.05, 0.1) is 18.0 Å². The second-order valence-electron chi connectivity index (χ2n) is 8.61. The van der Waals surface area contributed by atoms with Gasteiger partial charge in [-0.2, -0.15) is 5.10 Å². The fourth-order valence-corrected chi connectivity index (χ4v) is 5.71. The van der Waals surface area contributed by atoms with Gasteiger partial charge < -0.3 is 19.5 Å². The van der Waals surface area contributed by atoms with Crippen LogP contribution in [-0.4, -0.2) is 41.8 Å². The minimum Gasteiger partial charge on any atom is -0.406 e. The average molecular weight is 548 g/mol. The maximum Gasteiger partial charge on any atom is 0.573 e. The lowest BCUT2D eigenvalue weighted by atomic mass is 9.99. The molecule has 2 heterocycles. The van der Waals surface area contributed by atoms with Crippen LogP contribution in [0.1, 0.15) is 22.4 Å². The number of aliphatic hydroxyl groups excluding tert-OH is 1. The summed E-state index contributed by atoms with van der Waals surface area (Å²) in [5.41, 5.74) is 3.18. The average Bonchev–Trinajstić information content (AvgIpc) is 3.11. The predicted octanol–water partition coefficient (Wildman–Crippen LogP) is 4.59. The highest BCUT2D eigenvalue weighted by molar-refractivity contribution is 7.82. The van der Waals surface area contributed by atoms with Crippen molar-refractivity contribution in [3.05, 3.63) is 94.9 Å². The monoisotopic (exact) mass is 547 g/mol. The molecule has 1 atom stereocenters. The highest BCUT2D eigenvalue weighted by atomic mass is 32.2. The van der Waals surface area contributed by atoms with Gasteiger partial charge in [-0.1, -0.05) is 30.3 Å². The Morgan fingerprint density at radius 2 is 1.76 bits per heavy atom. The maximum atomic E-state index is 14.4. The molecular formula is C26H21F4N3O4S. The largest absolute Gasteiger partial charge is 0.573 e. The second-order valence-corrected chi connectivity index (χ2v) is 9.97. The number of nitrogens with zero attached hydrogens (tertiary/aromatic N) is 3. The summed E-state index contributed by atoms with van der Waals surface area (Å²) in [6, 6.07) is 16.2.